The Bertz CT molecular complexity index is 1020. The summed E-state index contributed by atoms with van der Waals surface area (Å²) in [6, 6.07) is 6.91. The highest BCUT2D eigenvalue weighted by Gasteiger charge is 2.32. The monoisotopic (exact) mass is 402 g/mol. The number of anilines is 1. The number of benzene rings is 1. The Morgan fingerprint density at radius 1 is 1.14 bits per heavy atom. The highest BCUT2D eigenvalue weighted by Crippen LogP contribution is 2.38. The molecule has 0 unspecified atom stereocenters. The summed E-state index contributed by atoms with van der Waals surface area (Å²) in [5.41, 5.74) is 7.06. The second kappa shape index (κ2) is 7.47. The number of nitrogens with one attached hydrogen (secondary N) is 1. The molecule has 1 fully saturated rings. The molecule has 0 bridgehead atoms. The van der Waals surface area contributed by atoms with Crippen LogP contribution in [0.4, 0.5) is 19.1 Å². The van der Waals surface area contributed by atoms with E-state index in [4.69, 9.17) is 10.7 Å². The van der Waals surface area contributed by atoms with Crippen LogP contribution in [-0.2, 0) is 13.2 Å². The molecule has 1 aliphatic rings. The minimum absolute atomic E-state index is 0.0992. The fourth-order valence-electron chi connectivity index (χ4n) is 3.80. The molecule has 3 aromatic rings. The van der Waals surface area contributed by atoms with E-state index >= 15 is 0 Å². The molecule has 0 saturated carbocycles. The van der Waals surface area contributed by atoms with Crippen molar-refractivity contribution in [1.82, 2.24) is 24.8 Å². The van der Waals surface area contributed by atoms with Crippen LogP contribution in [0, 0.1) is 0 Å². The van der Waals surface area contributed by atoms with E-state index in [0.29, 0.717) is 22.6 Å². The van der Waals surface area contributed by atoms with Crippen molar-refractivity contribution in [2.45, 2.75) is 24.9 Å². The number of nitrogens with zero attached hydrogens (tertiary/aromatic N) is 4. The van der Waals surface area contributed by atoms with Gasteiger partial charge in [-0.05, 0) is 44.1 Å². The summed E-state index contributed by atoms with van der Waals surface area (Å²) in [6.45, 7) is 1.76. The maximum atomic E-state index is 13.3. The maximum absolute atomic E-state index is 13.3. The van der Waals surface area contributed by atoms with Crippen LogP contribution in [-0.4, -0.2) is 32.6 Å². The second-order valence-corrected chi connectivity index (χ2v) is 7.13. The van der Waals surface area contributed by atoms with Crippen molar-refractivity contribution in [3.8, 4) is 22.6 Å². The van der Waals surface area contributed by atoms with E-state index in [0.717, 1.165) is 43.9 Å². The van der Waals surface area contributed by atoms with Crippen LogP contribution < -0.4 is 11.1 Å². The first-order valence-corrected chi connectivity index (χ1v) is 9.38. The fourth-order valence-corrected chi connectivity index (χ4v) is 3.80. The Labute approximate surface area is 166 Å². The minimum atomic E-state index is -4.43. The van der Waals surface area contributed by atoms with Gasteiger partial charge in [-0.2, -0.15) is 13.2 Å². The largest absolute Gasteiger partial charge is 0.416 e. The van der Waals surface area contributed by atoms with Crippen molar-refractivity contribution in [3.63, 3.8) is 0 Å². The van der Waals surface area contributed by atoms with Gasteiger partial charge in [-0.25, -0.2) is 15.0 Å². The number of halogens is 3. The average molecular weight is 402 g/mol. The van der Waals surface area contributed by atoms with Crippen LogP contribution in [0.15, 0.2) is 36.5 Å². The van der Waals surface area contributed by atoms with Crippen LogP contribution in [0.5, 0.6) is 0 Å². The molecule has 152 valence electrons. The molecule has 2 aromatic heterocycles. The SMILES string of the molecule is Cn1c(C2CCNCC2)nc(-c2cccc(C(F)(F)F)c2)c1-c1ccnc(N)n1. The Morgan fingerprint density at radius 3 is 2.59 bits per heavy atom. The van der Waals surface area contributed by atoms with Crippen molar-refractivity contribution in [1.29, 1.82) is 0 Å². The van der Waals surface area contributed by atoms with Crippen molar-refractivity contribution >= 4 is 5.95 Å². The molecule has 0 radical (unpaired) electrons. The van der Waals surface area contributed by atoms with Gasteiger partial charge in [0.05, 0.1) is 22.6 Å². The minimum Gasteiger partial charge on any atom is -0.368 e. The zero-order valence-corrected chi connectivity index (χ0v) is 15.9. The second-order valence-electron chi connectivity index (χ2n) is 7.13. The summed E-state index contributed by atoms with van der Waals surface area (Å²) < 4.78 is 41.7. The Kier molecular flexibility index (Phi) is 4.99. The lowest BCUT2D eigenvalue weighted by molar-refractivity contribution is -0.137. The maximum Gasteiger partial charge on any atom is 0.416 e. The highest BCUT2D eigenvalue weighted by atomic mass is 19.4. The zero-order chi connectivity index (χ0) is 20.6. The van der Waals surface area contributed by atoms with E-state index in [1.807, 2.05) is 11.6 Å². The lowest BCUT2D eigenvalue weighted by Gasteiger charge is -2.22. The van der Waals surface area contributed by atoms with Crippen LogP contribution in [0.2, 0.25) is 0 Å². The third-order valence-electron chi connectivity index (χ3n) is 5.21. The predicted octanol–water partition coefficient (Wildman–Crippen LogP) is 3.61. The van der Waals surface area contributed by atoms with Gasteiger partial charge < -0.3 is 15.6 Å². The van der Waals surface area contributed by atoms with Crippen molar-refractivity contribution in [3.05, 3.63) is 47.9 Å². The summed E-state index contributed by atoms with van der Waals surface area (Å²) in [7, 11) is 1.87. The molecule has 0 aliphatic carbocycles. The van der Waals surface area contributed by atoms with E-state index in [1.165, 1.54) is 12.3 Å². The molecule has 4 rings (SSSR count). The first-order valence-electron chi connectivity index (χ1n) is 9.38. The topological polar surface area (TPSA) is 81.7 Å². The quantitative estimate of drug-likeness (QED) is 0.700. The van der Waals surface area contributed by atoms with Crippen molar-refractivity contribution < 1.29 is 13.2 Å². The molecular formula is C20H21F3N6. The summed E-state index contributed by atoms with van der Waals surface area (Å²) in [6.07, 6.45) is -1.07. The molecule has 0 amide bonds. The number of piperidine rings is 1. The smallest absolute Gasteiger partial charge is 0.368 e. The summed E-state index contributed by atoms with van der Waals surface area (Å²) >= 11 is 0. The molecule has 0 spiro atoms. The van der Waals surface area contributed by atoms with Gasteiger partial charge in [0.15, 0.2) is 0 Å². The molecular weight excluding hydrogens is 381 g/mol. The molecule has 3 N–H and O–H groups in total. The van der Waals surface area contributed by atoms with Gasteiger partial charge in [-0.15, -0.1) is 0 Å². The third-order valence-corrected chi connectivity index (χ3v) is 5.21. The number of hydrogen-bond acceptors (Lipinski definition) is 5. The van der Waals surface area contributed by atoms with Crippen LogP contribution >= 0.6 is 0 Å². The zero-order valence-electron chi connectivity index (χ0n) is 15.9. The molecule has 1 aromatic carbocycles. The lowest BCUT2D eigenvalue weighted by atomic mass is 9.97. The van der Waals surface area contributed by atoms with Crippen molar-refractivity contribution in [2.24, 2.45) is 7.05 Å². The van der Waals surface area contributed by atoms with Gasteiger partial charge in [0.2, 0.25) is 5.95 Å². The normalized spacial score (nSPS) is 15.6. The van der Waals surface area contributed by atoms with Crippen LogP contribution in [0.3, 0.4) is 0 Å². The van der Waals surface area contributed by atoms with E-state index in [9.17, 15) is 13.2 Å². The van der Waals surface area contributed by atoms with Crippen LogP contribution in [0.1, 0.15) is 30.1 Å². The lowest BCUT2D eigenvalue weighted by Crippen LogP contribution is -2.27. The molecule has 0 atom stereocenters. The number of imidazole rings is 1. The van der Waals surface area contributed by atoms with Crippen molar-refractivity contribution in [2.75, 3.05) is 18.8 Å². The van der Waals surface area contributed by atoms with E-state index in [2.05, 4.69) is 15.3 Å². The van der Waals surface area contributed by atoms with Gasteiger partial charge in [0.1, 0.15) is 5.82 Å². The molecule has 9 heteroatoms. The summed E-state index contributed by atoms with van der Waals surface area (Å²) in [5.74, 6) is 1.16. The number of nitrogens with two attached hydrogens (primary N) is 1. The number of aromatic nitrogens is 4. The van der Waals surface area contributed by atoms with Gasteiger partial charge in [0.25, 0.3) is 0 Å². The Hall–Kier alpha value is -2.94. The number of hydrogen-bond donors (Lipinski definition) is 2. The number of nitrogen functional groups attached to an aromatic ring is 1. The Morgan fingerprint density at radius 2 is 1.90 bits per heavy atom. The molecule has 1 saturated heterocycles. The van der Waals surface area contributed by atoms with E-state index in [1.54, 1.807) is 12.1 Å². The molecule has 29 heavy (non-hydrogen) atoms. The predicted molar refractivity (Wildman–Crippen MR) is 104 cm³/mol. The summed E-state index contributed by atoms with van der Waals surface area (Å²) in [5, 5.41) is 3.32. The van der Waals surface area contributed by atoms with Gasteiger partial charge in [-0.3, -0.25) is 0 Å². The standard InChI is InChI=1S/C20H21F3N6/c1-29-17(15-7-10-26-19(24)27-15)16(28-18(29)12-5-8-25-9-6-12)13-3-2-4-14(11-13)20(21,22)23/h2-4,7,10-12,25H,5-6,8-9H2,1H3,(H2,24,26,27). The first-order chi connectivity index (χ1) is 13.8. The van der Waals surface area contributed by atoms with Crippen LogP contribution in [0.25, 0.3) is 22.6 Å². The third kappa shape index (κ3) is 3.82. The average Bonchev–Trinajstić information content (AvgIpc) is 3.05. The van der Waals surface area contributed by atoms with Gasteiger partial charge in [0, 0.05) is 24.7 Å². The molecule has 3 heterocycles. The number of alkyl halides is 3. The van der Waals surface area contributed by atoms with E-state index < -0.39 is 11.7 Å². The van der Waals surface area contributed by atoms with Gasteiger partial charge >= 0.3 is 6.18 Å². The number of rotatable bonds is 3. The van der Waals surface area contributed by atoms with E-state index in [-0.39, 0.29) is 11.9 Å². The molecule has 1 aliphatic heterocycles. The summed E-state index contributed by atoms with van der Waals surface area (Å²) in [4.78, 5) is 13.0. The molecule has 6 nitrogen and oxygen atoms in total. The Balaban J connectivity index is 1.90. The first kappa shape index (κ1) is 19.4. The fraction of sp³-hybridized carbons (Fsp3) is 0.350. The highest BCUT2D eigenvalue weighted by molar-refractivity contribution is 5.78. The van der Waals surface area contributed by atoms with Gasteiger partial charge in [-0.1, -0.05) is 12.1 Å².